The SMILES string of the molecule is CC[C@@H](CO)N1CCN(C(=O)Nc2ccc3[nH]ccc3c2)CC1. The monoisotopic (exact) mass is 316 g/mol. The molecule has 3 rings (SSSR count). The summed E-state index contributed by atoms with van der Waals surface area (Å²) in [7, 11) is 0. The van der Waals surface area contributed by atoms with E-state index in [1.165, 1.54) is 0 Å². The Hall–Kier alpha value is -2.05. The van der Waals surface area contributed by atoms with Crippen LogP contribution in [0, 0.1) is 0 Å². The lowest BCUT2D eigenvalue weighted by atomic mass is 10.1. The molecule has 0 aliphatic carbocycles. The van der Waals surface area contributed by atoms with Crippen LogP contribution in [0.15, 0.2) is 30.5 Å². The first kappa shape index (κ1) is 15.8. The molecule has 6 heteroatoms. The number of aromatic nitrogens is 1. The van der Waals surface area contributed by atoms with Gasteiger partial charge >= 0.3 is 6.03 Å². The van der Waals surface area contributed by atoms with Crippen LogP contribution in [0.1, 0.15) is 13.3 Å². The van der Waals surface area contributed by atoms with Crippen LogP contribution in [0.5, 0.6) is 0 Å². The van der Waals surface area contributed by atoms with Gasteiger partial charge in [-0.2, -0.15) is 0 Å². The van der Waals surface area contributed by atoms with Gasteiger partial charge in [0.1, 0.15) is 0 Å². The fourth-order valence-electron chi connectivity index (χ4n) is 3.13. The summed E-state index contributed by atoms with van der Waals surface area (Å²) in [5, 5.41) is 13.4. The average molecular weight is 316 g/mol. The van der Waals surface area contributed by atoms with Crippen LogP contribution in [0.25, 0.3) is 10.9 Å². The molecule has 0 unspecified atom stereocenters. The first-order chi connectivity index (χ1) is 11.2. The van der Waals surface area contributed by atoms with Gasteiger partial charge in [0.15, 0.2) is 0 Å². The molecule has 1 fully saturated rings. The molecule has 2 amide bonds. The molecule has 1 aliphatic rings. The Morgan fingerprint density at radius 1 is 1.30 bits per heavy atom. The summed E-state index contributed by atoms with van der Waals surface area (Å²) in [6.07, 6.45) is 2.82. The molecule has 1 aromatic carbocycles. The molecular weight excluding hydrogens is 292 g/mol. The number of nitrogens with zero attached hydrogens (tertiary/aromatic N) is 2. The van der Waals surface area contributed by atoms with Gasteiger partial charge in [-0.1, -0.05) is 6.92 Å². The number of nitrogens with one attached hydrogen (secondary N) is 2. The van der Waals surface area contributed by atoms with Crippen molar-refractivity contribution in [2.45, 2.75) is 19.4 Å². The van der Waals surface area contributed by atoms with Crippen LogP contribution in [-0.4, -0.2) is 64.7 Å². The fraction of sp³-hybridized carbons (Fsp3) is 0.471. The Balaban J connectivity index is 1.57. The van der Waals surface area contributed by atoms with E-state index in [0.29, 0.717) is 13.1 Å². The lowest BCUT2D eigenvalue weighted by Crippen LogP contribution is -2.53. The minimum Gasteiger partial charge on any atom is -0.395 e. The summed E-state index contributed by atoms with van der Waals surface area (Å²) in [6, 6.07) is 7.98. The van der Waals surface area contributed by atoms with Gasteiger partial charge in [0, 0.05) is 55.0 Å². The van der Waals surface area contributed by atoms with E-state index in [-0.39, 0.29) is 18.7 Å². The fourth-order valence-corrected chi connectivity index (χ4v) is 3.13. The first-order valence-corrected chi connectivity index (χ1v) is 8.19. The third-order valence-corrected chi connectivity index (χ3v) is 4.60. The average Bonchev–Trinajstić information content (AvgIpc) is 3.04. The summed E-state index contributed by atoms with van der Waals surface area (Å²) in [5.41, 5.74) is 1.87. The number of anilines is 1. The van der Waals surface area contributed by atoms with Gasteiger partial charge in [-0.15, -0.1) is 0 Å². The van der Waals surface area contributed by atoms with Crippen molar-refractivity contribution in [2.75, 3.05) is 38.1 Å². The molecule has 2 aromatic rings. The van der Waals surface area contributed by atoms with E-state index in [4.69, 9.17) is 0 Å². The molecule has 0 saturated carbocycles. The van der Waals surface area contributed by atoms with Gasteiger partial charge in [0.05, 0.1) is 6.61 Å². The van der Waals surface area contributed by atoms with Gasteiger partial charge in [-0.25, -0.2) is 4.79 Å². The lowest BCUT2D eigenvalue weighted by Gasteiger charge is -2.38. The topological polar surface area (TPSA) is 71.6 Å². The lowest BCUT2D eigenvalue weighted by molar-refractivity contribution is 0.0766. The van der Waals surface area contributed by atoms with Gasteiger partial charge in [-0.05, 0) is 30.7 Å². The van der Waals surface area contributed by atoms with Gasteiger partial charge in [-0.3, -0.25) is 4.90 Å². The summed E-state index contributed by atoms with van der Waals surface area (Å²) >= 11 is 0. The second kappa shape index (κ2) is 7.02. The van der Waals surface area contributed by atoms with Crippen LogP contribution in [-0.2, 0) is 0 Å². The number of H-pyrrole nitrogens is 1. The van der Waals surface area contributed by atoms with Crippen molar-refractivity contribution in [1.29, 1.82) is 0 Å². The quantitative estimate of drug-likeness (QED) is 0.809. The van der Waals surface area contributed by atoms with E-state index < -0.39 is 0 Å². The number of amides is 2. The number of aliphatic hydroxyl groups is 1. The van der Waals surface area contributed by atoms with Crippen molar-refractivity contribution in [3.8, 4) is 0 Å². The Bertz CT molecular complexity index is 657. The zero-order valence-corrected chi connectivity index (χ0v) is 13.5. The number of aromatic amines is 1. The zero-order valence-electron chi connectivity index (χ0n) is 13.5. The predicted molar refractivity (Wildman–Crippen MR) is 91.6 cm³/mol. The van der Waals surface area contributed by atoms with E-state index in [1.807, 2.05) is 35.4 Å². The van der Waals surface area contributed by atoms with Gasteiger partial charge in [0.25, 0.3) is 0 Å². The minimum absolute atomic E-state index is 0.0587. The van der Waals surface area contributed by atoms with E-state index in [9.17, 15) is 9.90 Å². The highest BCUT2D eigenvalue weighted by Gasteiger charge is 2.24. The molecule has 3 N–H and O–H groups in total. The maximum atomic E-state index is 12.4. The number of piperazine rings is 1. The molecule has 1 aliphatic heterocycles. The van der Waals surface area contributed by atoms with Gasteiger partial charge in [0.2, 0.25) is 0 Å². The van der Waals surface area contributed by atoms with Crippen LogP contribution < -0.4 is 5.32 Å². The molecule has 23 heavy (non-hydrogen) atoms. The highest BCUT2D eigenvalue weighted by Crippen LogP contribution is 2.18. The van der Waals surface area contributed by atoms with E-state index in [0.717, 1.165) is 36.1 Å². The van der Waals surface area contributed by atoms with E-state index >= 15 is 0 Å². The Labute approximate surface area is 136 Å². The van der Waals surface area contributed by atoms with Crippen molar-refractivity contribution < 1.29 is 9.90 Å². The van der Waals surface area contributed by atoms with E-state index in [2.05, 4.69) is 22.1 Å². The second-order valence-corrected chi connectivity index (χ2v) is 5.98. The summed E-state index contributed by atoms with van der Waals surface area (Å²) < 4.78 is 0. The molecule has 0 bridgehead atoms. The standard InChI is InChI=1S/C17H24N4O2/c1-2-15(12-22)20-7-9-21(10-8-20)17(23)19-14-3-4-16-13(11-14)5-6-18-16/h3-6,11,15,18,22H,2,7-10,12H2,1H3,(H,19,23)/t15-/m0/s1. The zero-order chi connectivity index (χ0) is 16.2. The molecular formula is C17H24N4O2. The minimum atomic E-state index is -0.0587. The third-order valence-electron chi connectivity index (χ3n) is 4.60. The van der Waals surface area contributed by atoms with Crippen molar-refractivity contribution in [1.82, 2.24) is 14.8 Å². The van der Waals surface area contributed by atoms with Crippen LogP contribution in [0.4, 0.5) is 10.5 Å². The summed E-state index contributed by atoms with van der Waals surface area (Å²) in [6.45, 7) is 5.26. The molecule has 1 saturated heterocycles. The van der Waals surface area contributed by atoms with Gasteiger partial charge < -0.3 is 20.3 Å². The van der Waals surface area contributed by atoms with Crippen LogP contribution >= 0.6 is 0 Å². The van der Waals surface area contributed by atoms with Crippen molar-refractivity contribution in [2.24, 2.45) is 0 Å². The molecule has 0 spiro atoms. The smallest absolute Gasteiger partial charge is 0.321 e. The van der Waals surface area contributed by atoms with E-state index in [1.54, 1.807) is 0 Å². The number of hydrogen-bond acceptors (Lipinski definition) is 3. The normalized spacial score (nSPS) is 17.4. The number of aliphatic hydroxyl groups excluding tert-OH is 1. The third kappa shape index (κ3) is 3.48. The molecule has 1 aromatic heterocycles. The molecule has 0 radical (unpaired) electrons. The second-order valence-electron chi connectivity index (χ2n) is 5.98. The summed E-state index contributed by atoms with van der Waals surface area (Å²) in [4.78, 5) is 19.6. The largest absolute Gasteiger partial charge is 0.395 e. The molecule has 1 atom stereocenters. The molecule has 2 heterocycles. The predicted octanol–water partition coefficient (Wildman–Crippen LogP) is 2.09. The number of benzene rings is 1. The number of fused-ring (bicyclic) bond motifs is 1. The Morgan fingerprint density at radius 2 is 2.09 bits per heavy atom. The number of urea groups is 1. The highest BCUT2D eigenvalue weighted by molar-refractivity contribution is 5.92. The number of carbonyl (C=O) groups is 1. The highest BCUT2D eigenvalue weighted by atomic mass is 16.3. The maximum Gasteiger partial charge on any atom is 0.321 e. The Kier molecular flexibility index (Phi) is 4.83. The molecule has 6 nitrogen and oxygen atoms in total. The number of carbonyl (C=O) groups excluding carboxylic acids is 1. The maximum absolute atomic E-state index is 12.4. The van der Waals surface area contributed by atoms with Crippen molar-refractivity contribution >= 4 is 22.6 Å². The molecule has 124 valence electrons. The summed E-state index contributed by atoms with van der Waals surface area (Å²) in [5.74, 6) is 0. The first-order valence-electron chi connectivity index (χ1n) is 8.19. The van der Waals surface area contributed by atoms with Crippen LogP contribution in [0.2, 0.25) is 0 Å². The number of hydrogen-bond donors (Lipinski definition) is 3. The van der Waals surface area contributed by atoms with Crippen LogP contribution in [0.3, 0.4) is 0 Å². The van der Waals surface area contributed by atoms with Crippen molar-refractivity contribution in [3.05, 3.63) is 30.5 Å². The number of rotatable bonds is 4. The Morgan fingerprint density at radius 3 is 2.78 bits per heavy atom. The van der Waals surface area contributed by atoms with Crippen molar-refractivity contribution in [3.63, 3.8) is 0 Å².